The van der Waals surface area contributed by atoms with Crippen LogP contribution in [0.3, 0.4) is 0 Å². The van der Waals surface area contributed by atoms with Gasteiger partial charge in [-0.15, -0.1) is 0 Å². The van der Waals surface area contributed by atoms with Gasteiger partial charge in [-0.3, -0.25) is 23.4 Å². The quantitative estimate of drug-likeness (QED) is 0.0117. The highest BCUT2D eigenvalue weighted by Gasteiger charge is 2.58. The average Bonchev–Trinajstić information content (AvgIpc) is 0.768. The highest BCUT2D eigenvalue weighted by atomic mass is 31.2. The fourth-order valence-corrected chi connectivity index (χ4v) is 13.7. The molecule has 0 aromatic heterocycles. The van der Waals surface area contributed by atoms with Gasteiger partial charge in [-0.05, 0) is 19.3 Å². The first-order valence-electron chi connectivity index (χ1n) is 37.8. The summed E-state index contributed by atoms with van der Waals surface area (Å²) in [6, 6.07) is 0. The Balaban J connectivity index is 1.74. The monoisotopic (exact) mass is 1400 g/mol. The molecule has 0 bridgehead atoms. The molecule has 3 aliphatic rings. The SMILES string of the molecule is CCCCCCCCCCCCCCCCCC(=O)OC(COC(=O)CCCCCCCCCCCCCCCC)COP(=O)(O)OC1C(OC2OC(CO)C(O)C(O)C2O)C(O)C(O)C(O)C1OC1OC(COC(=O)CCCCCCCCCCCCCC)C(O)C(O)C1O. The number of unbranched alkanes of at least 4 members (excludes halogenated alkanes) is 38. The second-order valence-electron chi connectivity index (χ2n) is 27.4. The molecule has 1 saturated carbocycles. The number of carbonyl (C=O) groups is 3. The first-order valence-corrected chi connectivity index (χ1v) is 39.3. The molecule has 0 aromatic carbocycles. The summed E-state index contributed by atoms with van der Waals surface area (Å²) in [6.07, 6.45) is 10.3. The Morgan fingerprint density at radius 1 is 0.365 bits per heavy atom. The number of hydrogen-bond acceptors (Lipinski definition) is 23. The number of ether oxygens (including phenoxy) is 7. The predicted molar refractivity (Wildman–Crippen MR) is 361 cm³/mol. The van der Waals surface area contributed by atoms with E-state index in [0.717, 1.165) is 89.9 Å². The Labute approximate surface area is 574 Å². The molecule has 2 heterocycles. The third-order valence-corrected chi connectivity index (χ3v) is 19.9. The van der Waals surface area contributed by atoms with Gasteiger partial charge in [-0.2, -0.15) is 0 Å². The van der Waals surface area contributed by atoms with Crippen LogP contribution in [-0.2, 0) is 61.2 Å². The molecule has 1 aliphatic carbocycles. The number of phosphoric acid groups is 1. The maximum absolute atomic E-state index is 14.3. The number of aliphatic hydroxyl groups is 10. The van der Waals surface area contributed by atoms with E-state index < -0.39 is 156 Å². The van der Waals surface area contributed by atoms with Gasteiger partial charge in [0.05, 0.1) is 13.2 Å². The van der Waals surface area contributed by atoms with Crippen molar-refractivity contribution in [3.05, 3.63) is 0 Å². The summed E-state index contributed by atoms with van der Waals surface area (Å²) in [5.41, 5.74) is 0. The van der Waals surface area contributed by atoms with Crippen molar-refractivity contribution in [1.29, 1.82) is 0 Å². The van der Waals surface area contributed by atoms with Crippen LogP contribution in [0, 0.1) is 0 Å². The zero-order valence-corrected chi connectivity index (χ0v) is 59.8. The lowest BCUT2D eigenvalue weighted by atomic mass is 9.84. The minimum absolute atomic E-state index is 0.0330. The summed E-state index contributed by atoms with van der Waals surface area (Å²) in [5.74, 6) is -1.97. The van der Waals surface area contributed by atoms with E-state index in [1.807, 2.05) is 0 Å². The molecule has 0 spiro atoms. The number of carbonyl (C=O) groups excluding carboxylic acids is 3. The molecule has 566 valence electrons. The molecule has 11 N–H and O–H groups in total. The Morgan fingerprint density at radius 3 is 1.02 bits per heavy atom. The number of rotatable bonds is 59. The standard InChI is InChI=1S/C71H133O24P/c1-4-7-10-13-16-19-22-25-27-29-32-35-38-41-44-47-57(75)90-52(49-87-55(73)45-42-39-36-34-31-28-26-23-20-17-14-11-8-5-2)50-89-96(85,86)95-69-67(93-70-65(83)60(78)58(76)53(48-72)91-70)63(81)62(80)64(82)68(69)94-71-66(84)61(79)59(77)54(92-71)51-88-56(74)46-43-40-37-33-30-24-21-18-15-12-9-6-3/h52-54,58-72,76-84H,4-51H2,1-3H3,(H,85,86). The van der Waals surface area contributed by atoms with Crippen molar-refractivity contribution in [3.63, 3.8) is 0 Å². The minimum atomic E-state index is -5.69. The lowest BCUT2D eigenvalue weighted by molar-refractivity contribution is -0.360. The third-order valence-electron chi connectivity index (χ3n) is 18.9. The van der Waals surface area contributed by atoms with Gasteiger partial charge < -0.3 is 89.1 Å². The minimum Gasteiger partial charge on any atom is -0.463 e. The van der Waals surface area contributed by atoms with Crippen molar-refractivity contribution < 1.29 is 117 Å². The molecule has 0 aromatic rings. The molecule has 2 aliphatic heterocycles. The maximum atomic E-state index is 14.3. The Kier molecular flexibility index (Phi) is 49.4. The van der Waals surface area contributed by atoms with Gasteiger partial charge in [-0.25, -0.2) is 4.57 Å². The largest absolute Gasteiger partial charge is 0.472 e. The molecular formula is C71H133O24P. The number of esters is 3. The fraction of sp³-hybridized carbons (Fsp3) is 0.958. The van der Waals surface area contributed by atoms with Crippen molar-refractivity contribution in [2.45, 2.75) is 407 Å². The van der Waals surface area contributed by atoms with Gasteiger partial charge in [-0.1, -0.05) is 265 Å². The van der Waals surface area contributed by atoms with Gasteiger partial charge >= 0.3 is 25.7 Å². The van der Waals surface area contributed by atoms with Crippen molar-refractivity contribution in [3.8, 4) is 0 Å². The zero-order valence-electron chi connectivity index (χ0n) is 58.9. The van der Waals surface area contributed by atoms with E-state index in [-0.39, 0.29) is 19.3 Å². The van der Waals surface area contributed by atoms with E-state index in [1.54, 1.807) is 0 Å². The van der Waals surface area contributed by atoms with Crippen molar-refractivity contribution in [2.24, 2.45) is 0 Å². The first kappa shape index (κ1) is 88.2. The van der Waals surface area contributed by atoms with Crippen LogP contribution in [0.2, 0.25) is 0 Å². The van der Waals surface area contributed by atoms with Crippen LogP contribution >= 0.6 is 7.82 Å². The summed E-state index contributed by atoms with van der Waals surface area (Å²) < 4.78 is 65.0. The van der Waals surface area contributed by atoms with Crippen LogP contribution in [0.5, 0.6) is 0 Å². The van der Waals surface area contributed by atoms with E-state index in [1.165, 1.54) is 154 Å². The topological polar surface area (TPSA) is 374 Å². The number of aliphatic hydroxyl groups excluding tert-OH is 10. The van der Waals surface area contributed by atoms with Crippen molar-refractivity contribution in [1.82, 2.24) is 0 Å². The van der Waals surface area contributed by atoms with E-state index in [0.29, 0.717) is 19.3 Å². The molecular weight excluding hydrogens is 1270 g/mol. The van der Waals surface area contributed by atoms with Crippen LogP contribution in [0.15, 0.2) is 0 Å². The maximum Gasteiger partial charge on any atom is 0.472 e. The van der Waals surface area contributed by atoms with E-state index in [4.69, 9.17) is 42.2 Å². The second kappa shape index (κ2) is 53.7. The fourth-order valence-electron chi connectivity index (χ4n) is 12.7. The van der Waals surface area contributed by atoms with Gasteiger partial charge in [0, 0.05) is 19.3 Å². The third kappa shape index (κ3) is 36.7. The normalized spacial score (nSPS) is 27.9. The zero-order chi connectivity index (χ0) is 70.4. The molecule has 18 atom stereocenters. The van der Waals surface area contributed by atoms with Crippen LogP contribution in [0.25, 0.3) is 0 Å². The second-order valence-corrected chi connectivity index (χ2v) is 28.8. The molecule has 0 amide bonds. The highest BCUT2D eigenvalue weighted by Crippen LogP contribution is 2.49. The molecule has 96 heavy (non-hydrogen) atoms. The Bertz CT molecular complexity index is 1990. The lowest BCUT2D eigenvalue weighted by Gasteiger charge is -2.49. The van der Waals surface area contributed by atoms with Gasteiger partial charge in [0.2, 0.25) is 0 Å². The summed E-state index contributed by atoms with van der Waals surface area (Å²) in [5, 5.41) is 110. The molecule has 3 fully saturated rings. The Morgan fingerprint density at radius 2 is 0.667 bits per heavy atom. The van der Waals surface area contributed by atoms with Crippen molar-refractivity contribution in [2.75, 3.05) is 26.4 Å². The number of phosphoric ester groups is 1. The van der Waals surface area contributed by atoms with E-state index in [2.05, 4.69) is 20.8 Å². The van der Waals surface area contributed by atoms with Crippen LogP contribution in [0.4, 0.5) is 0 Å². The van der Waals surface area contributed by atoms with Crippen LogP contribution in [-0.4, -0.2) is 204 Å². The van der Waals surface area contributed by atoms with Crippen LogP contribution < -0.4 is 0 Å². The smallest absolute Gasteiger partial charge is 0.463 e. The summed E-state index contributed by atoms with van der Waals surface area (Å²) in [6.45, 7) is 3.46. The molecule has 2 saturated heterocycles. The lowest BCUT2D eigenvalue weighted by Crippen LogP contribution is -2.69. The molecule has 25 heteroatoms. The molecule has 0 radical (unpaired) electrons. The molecule has 24 nitrogen and oxygen atoms in total. The Hall–Kier alpha value is -2.04. The summed E-state index contributed by atoms with van der Waals surface area (Å²) in [4.78, 5) is 51.0. The summed E-state index contributed by atoms with van der Waals surface area (Å²) >= 11 is 0. The average molecular weight is 1400 g/mol. The predicted octanol–water partition coefficient (Wildman–Crippen LogP) is 10.2. The highest BCUT2D eigenvalue weighted by molar-refractivity contribution is 7.47. The van der Waals surface area contributed by atoms with E-state index >= 15 is 0 Å². The van der Waals surface area contributed by atoms with Gasteiger partial charge in [0.25, 0.3) is 0 Å². The van der Waals surface area contributed by atoms with Gasteiger partial charge in [0.1, 0.15) is 98.7 Å². The molecule has 3 rings (SSSR count). The van der Waals surface area contributed by atoms with Gasteiger partial charge in [0.15, 0.2) is 18.7 Å². The summed E-state index contributed by atoms with van der Waals surface area (Å²) in [7, 11) is -5.69. The van der Waals surface area contributed by atoms with Crippen molar-refractivity contribution >= 4 is 25.7 Å². The first-order chi connectivity index (χ1) is 46.3. The number of hydrogen-bond donors (Lipinski definition) is 11. The molecule has 18 unspecified atom stereocenters. The van der Waals surface area contributed by atoms with E-state index in [9.17, 15) is 74.9 Å². The van der Waals surface area contributed by atoms with Crippen LogP contribution in [0.1, 0.15) is 303 Å².